The highest BCUT2D eigenvalue weighted by Crippen LogP contribution is 2.12. The molecule has 1 amide bonds. The molecule has 1 aromatic rings. The summed E-state index contributed by atoms with van der Waals surface area (Å²) < 4.78 is 10.5. The molecule has 0 saturated heterocycles. The summed E-state index contributed by atoms with van der Waals surface area (Å²) >= 11 is 4.87. The van der Waals surface area contributed by atoms with Crippen LogP contribution in [0.3, 0.4) is 0 Å². The van der Waals surface area contributed by atoms with Gasteiger partial charge in [0.1, 0.15) is 10.7 Å². The van der Waals surface area contributed by atoms with E-state index in [1.54, 1.807) is 31.4 Å². The first kappa shape index (κ1) is 17.4. The largest absolute Gasteiger partial charge is 0.484 e. The number of hydrogen-bond acceptors (Lipinski definition) is 4. The third-order valence-corrected chi connectivity index (χ3v) is 3.24. The predicted molar refractivity (Wildman–Crippen MR) is 86.5 cm³/mol. The van der Waals surface area contributed by atoms with Crippen LogP contribution in [0.5, 0.6) is 5.75 Å². The molecule has 5 nitrogen and oxygen atoms in total. The van der Waals surface area contributed by atoms with Gasteiger partial charge in [-0.25, -0.2) is 0 Å². The first-order valence-corrected chi connectivity index (χ1v) is 7.15. The number of benzene rings is 1. The van der Waals surface area contributed by atoms with Gasteiger partial charge in [-0.3, -0.25) is 4.79 Å². The molecule has 3 N–H and O–H groups in total. The minimum absolute atomic E-state index is 0.0249. The lowest BCUT2D eigenvalue weighted by Gasteiger charge is -2.21. The molecular weight excluding hydrogens is 288 g/mol. The monoisotopic (exact) mass is 310 g/mol. The number of amides is 1. The third-order valence-electron chi connectivity index (χ3n) is 3.01. The molecule has 0 fully saturated rings. The minimum atomic E-state index is -0.177. The lowest BCUT2D eigenvalue weighted by Crippen LogP contribution is -2.43. The van der Waals surface area contributed by atoms with Gasteiger partial charge in [0.05, 0.1) is 12.6 Å². The molecule has 1 atom stereocenters. The average molecular weight is 310 g/mol. The van der Waals surface area contributed by atoms with Crippen molar-refractivity contribution in [2.75, 3.05) is 20.3 Å². The second kappa shape index (κ2) is 8.59. The number of methoxy groups -OCH3 is 1. The molecule has 0 spiro atoms. The van der Waals surface area contributed by atoms with E-state index in [1.165, 1.54) is 0 Å². The van der Waals surface area contributed by atoms with E-state index in [1.807, 2.05) is 13.8 Å². The number of nitrogens with one attached hydrogen (secondary N) is 1. The summed E-state index contributed by atoms with van der Waals surface area (Å²) in [6.07, 6.45) is 0. The van der Waals surface area contributed by atoms with Gasteiger partial charge in [-0.05, 0) is 30.2 Å². The zero-order chi connectivity index (χ0) is 15.8. The predicted octanol–water partition coefficient (Wildman–Crippen LogP) is 1.49. The third kappa shape index (κ3) is 6.10. The number of rotatable bonds is 8. The van der Waals surface area contributed by atoms with E-state index < -0.39 is 0 Å². The van der Waals surface area contributed by atoms with Gasteiger partial charge in [-0.1, -0.05) is 26.1 Å². The van der Waals surface area contributed by atoms with Gasteiger partial charge in [0.2, 0.25) is 0 Å². The Morgan fingerprint density at radius 1 is 1.33 bits per heavy atom. The molecule has 0 aliphatic rings. The maximum Gasteiger partial charge on any atom is 0.258 e. The first-order chi connectivity index (χ1) is 9.93. The molecule has 0 bridgehead atoms. The lowest BCUT2D eigenvalue weighted by molar-refractivity contribution is -0.124. The summed E-state index contributed by atoms with van der Waals surface area (Å²) in [5, 5.41) is 2.89. The molecule has 1 aromatic carbocycles. The van der Waals surface area contributed by atoms with E-state index in [-0.39, 0.29) is 18.6 Å². The van der Waals surface area contributed by atoms with Crippen molar-refractivity contribution in [3.63, 3.8) is 0 Å². The van der Waals surface area contributed by atoms with Crippen LogP contribution in [0.15, 0.2) is 24.3 Å². The second-order valence-electron chi connectivity index (χ2n) is 5.05. The van der Waals surface area contributed by atoms with Crippen molar-refractivity contribution >= 4 is 23.1 Å². The highest BCUT2D eigenvalue weighted by atomic mass is 32.1. The Balaban J connectivity index is 2.46. The number of nitrogens with two attached hydrogens (primary N) is 1. The molecule has 0 aliphatic carbocycles. The van der Waals surface area contributed by atoms with Gasteiger partial charge in [-0.2, -0.15) is 0 Å². The van der Waals surface area contributed by atoms with Crippen LogP contribution >= 0.6 is 12.2 Å². The number of carbonyl (C=O) groups is 1. The van der Waals surface area contributed by atoms with Crippen molar-refractivity contribution in [1.82, 2.24) is 5.32 Å². The van der Waals surface area contributed by atoms with E-state index in [4.69, 9.17) is 27.4 Å². The molecule has 0 aliphatic heterocycles. The number of thiocarbonyl (C=S) groups is 1. The van der Waals surface area contributed by atoms with Crippen LogP contribution in [0.1, 0.15) is 19.4 Å². The molecule has 0 radical (unpaired) electrons. The van der Waals surface area contributed by atoms with E-state index in [0.29, 0.717) is 23.3 Å². The van der Waals surface area contributed by atoms with Crippen LogP contribution in [0.25, 0.3) is 0 Å². The highest BCUT2D eigenvalue weighted by molar-refractivity contribution is 7.80. The average Bonchev–Trinajstić information content (AvgIpc) is 2.45. The van der Waals surface area contributed by atoms with Crippen LogP contribution < -0.4 is 15.8 Å². The summed E-state index contributed by atoms with van der Waals surface area (Å²) in [6, 6.07) is 6.96. The molecule has 0 saturated carbocycles. The molecule has 6 heteroatoms. The standard InChI is InChI=1S/C15H22N2O3S/c1-10(2)13(8-19-3)17-14(18)9-20-12-6-4-11(5-7-12)15(16)21/h4-7,10,13H,8-9H2,1-3H3,(H2,16,21)(H,17,18). The maximum atomic E-state index is 11.8. The Morgan fingerprint density at radius 2 is 1.95 bits per heavy atom. The van der Waals surface area contributed by atoms with Crippen LogP contribution in [0.4, 0.5) is 0 Å². The van der Waals surface area contributed by atoms with Crippen LogP contribution in [0.2, 0.25) is 0 Å². The molecule has 21 heavy (non-hydrogen) atoms. The Labute approximate surface area is 130 Å². The van der Waals surface area contributed by atoms with Crippen LogP contribution in [-0.4, -0.2) is 37.3 Å². The molecule has 1 unspecified atom stereocenters. The van der Waals surface area contributed by atoms with Gasteiger partial charge in [0.25, 0.3) is 5.91 Å². The van der Waals surface area contributed by atoms with Gasteiger partial charge in [-0.15, -0.1) is 0 Å². The van der Waals surface area contributed by atoms with Crippen molar-refractivity contribution in [2.45, 2.75) is 19.9 Å². The first-order valence-electron chi connectivity index (χ1n) is 6.75. The summed E-state index contributed by atoms with van der Waals surface area (Å²) in [4.78, 5) is 12.2. The van der Waals surface area contributed by atoms with E-state index >= 15 is 0 Å². The van der Waals surface area contributed by atoms with Crippen molar-refractivity contribution < 1.29 is 14.3 Å². The fourth-order valence-electron chi connectivity index (χ4n) is 1.69. The van der Waals surface area contributed by atoms with Crippen molar-refractivity contribution in [2.24, 2.45) is 11.7 Å². The van der Waals surface area contributed by atoms with Gasteiger partial charge in [0.15, 0.2) is 6.61 Å². The van der Waals surface area contributed by atoms with E-state index in [2.05, 4.69) is 5.32 Å². The van der Waals surface area contributed by atoms with Crippen molar-refractivity contribution in [3.05, 3.63) is 29.8 Å². The normalized spacial score (nSPS) is 12.0. The molecule has 116 valence electrons. The minimum Gasteiger partial charge on any atom is -0.484 e. The van der Waals surface area contributed by atoms with Crippen LogP contribution in [-0.2, 0) is 9.53 Å². The van der Waals surface area contributed by atoms with E-state index in [9.17, 15) is 4.79 Å². The summed E-state index contributed by atoms with van der Waals surface area (Å²) in [5.74, 6) is 0.709. The summed E-state index contributed by atoms with van der Waals surface area (Å²) in [7, 11) is 1.61. The lowest BCUT2D eigenvalue weighted by atomic mass is 10.1. The molecule has 1 rings (SSSR count). The van der Waals surface area contributed by atoms with Gasteiger partial charge >= 0.3 is 0 Å². The Kier molecular flexibility index (Phi) is 7.11. The maximum absolute atomic E-state index is 11.8. The number of hydrogen-bond donors (Lipinski definition) is 2. The van der Waals surface area contributed by atoms with Gasteiger partial charge in [0, 0.05) is 12.7 Å². The Morgan fingerprint density at radius 3 is 2.43 bits per heavy atom. The SMILES string of the molecule is COCC(NC(=O)COc1ccc(C(N)=S)cc1)C(C)C. The zero-order valence-corrected chi connectivity index (χ0v) is 13.4. The topological polar surface area (TPSA) is 73.6 Å². The van der Waals surface area contributed by atoms with Crippen LogP contribution in [0, 0.1) is 5.92 Å². The molecule has 0 heterocycles. The van der Waals surface area contributed by atoms with Crippen molar-refractivity contribution in [1.29, 1.82) is 0 Å². The Hall–Kier alpha value is -1.66. The van der Waals surface area contributed by atoms with E-state index in [0.717, 1.165) is 5.56 Å². The smallest absolute Gasteiger partial charge is 0.258 e. The fourth-order valence-corrected chi connectivity index (χ4v) is 1.83. The zero-order valence-electron chi connectivity index (χ0n) is 12.6. The fraction of sp³-hybridized carbons (Fsp3) is 0.467. The van der Waals surface area contributed by atoms with Crippen molar-refractivity contribution in [3.8, 4) is 5.75 Å². The second-order valence-corrected chi connectivity index (χ2v) is 5.49. The Bertz CT molecular complexity index is 474. The molecule has 0 aromatic heterocycles. The van der Waals surface area contributed by atoms with Gasteiger partial charge < -0.3 is 20.5 Å². The number of ether oxygens (including phenoxy) is 2. The summed E-state index contributed by atoms with van der Waals surface area (Å²) in [5.41, 5.74) is 6.28. The quantitative estimate of drug-likeness (QED) is 0.712. The highest BCUT2D eigenvalue weighted by Gasteiger charge is 2.16. The summed E-state index contributed by atoms with van der Waals surface area (Å²) in [6.45, 7) is 4.49. The molecular formula is C15H22N2O3S. The number of carbonyl (C=O) groups excluding carboxylic acids is 1.